The maximum atomic E-state index is 14.0. The lowest BCUT2D eigenvalue weighted by atomic mass is 9.89. The van der Waals surface area contributed by atoms with Crippen LogP contribution in [0.25, 0.3) is 0 Å². The minimum atomic E-state index is -0.862. The Hall–Kier alpha value is -0.900. The molecule has 17 heavy (non-hydrogen) atoms. The lowest BCUT2D eigenvalue weighted by Gasteiger charge is -2.17. The predicted octanol–water partition coefficient (Wildman–Crippen LogP) is 3.86. The third-order valence-electron chi connectivity index (χ3n) is 3.19. The number of hydrogen-bond acceptors (Lipinski definition) is 1. The molecule has 4 heteroatoms. The molecule has 0 spiro atoms. The van der Waals surface area contributed by atoms with Gasteiger partial charge >= 0.3 is 5.97 Å². The molecule has 1 aromatic carbocycles. The summed E-state index contributed by atoms with van der Waals surface area (Å²) in [5.41, 5.74) is 1.49. The summed E-state index contributed by atoms with van der Waals surface area (Å²) in [6.45, 7) is 1.89. The predicted molar refractivity (Wildman–Crippen MR) is 66.6 cm³/mol. The Morgan fingerprint density at radius 2 is 2.24 bits per heavy atom. The normalized spacial score (nSPS) is 16.9. The number of carboxylic acids is 1. The fourth-order valence-electron chi connectivity index (χ4n) is 2.24. The van der Waals surface area contributed by atoms with Crippen LogP contribution in [0.1, 0.15) is 36.3 Å². The maximum absolute atomic E-state index is 14.0. The second-order valence-electron chi connectivity index (χ2n) is 4.69. The van der Waals surface area contributed by atoms with Crippen LogP contribution in [0.5, 0.6) is 0 Å². The highest BCUT2D eigenvalue weighted by Crippen LogP contribution is 2.46. The smallest absolute Gasteiger partial charge is 0.303 e. The van der Waals surface area contributed by atoms with Gasteiger partial charge in [-0.25, -0.2) is 4.39 Å². The molecule has 2 rings (SSSR count). The van der Waals surface area contributed by atoms with E-state index in [1.165, 1.54) is 0 Å². The summed E-state index contributed by atoms with van der Waals surface area (Å²) in [7, 11) is 0. The number of benzene rings is 1. The summed E-state index contributed by atoms with van der Waals surface area (Å²) < 4.78 is 14.5. The van der Waals surface area contributed by atoms with Gasteiger partial charge in [0.25, 0.3) is 0 Å². The lowest BCUT2D eigenvalue weighted by Crippen LogP contribution is -2.10. The Bertz CT molecular complexity index is 455. The van der Waals surface area contributed by atoms with Gasteiger partial charge in [0.05, 0.1) is 10.9 Å². The van der Waals surface area contributed by atoms with Gasteiger partial charge in [-0.05, 0) is 58.8 Å². The molecule has 1 N–H and O–H groups in total. The van der Waals surface area contributed by atoms with E-state index < -0.39 is 5.97 Å². The van der Waals surface area contributed by atoms with Crippen LogP contribution in [0.2, 0.25) is 0 Å². The molecule has 0 radical (unpaired) electrons. The van der Waals surface area contributed by atoms with E-state index in [4.69, 9.17) is 5.11 Å². The van der Waals surface area contributed by atoms with Gasteiger partial charge < -0.3 is 5.11 Å². The van der Waals surface area contributed by atoms with E-state index >= 15 is 0 Å². The molecule has 1 aliphatic rings. The molecule has 1 atom stereocenters. The second-order valence-corrected chi connectivity index (χ2v) is 5.55. The zero-order valence-electron chi connectivity index (χ0n) is 9.54. The minimum absolute atomic E-state index is 0.0114. The van der Waals surface area contributed by atoms with E-state index in [0.717, 1.165) is 18.4 Å². The van der Waals surface area contributed by atoms with Gasteiger partial charge in [-0.3, -0.25) is 4.79 Å². The fourth-order valence-corrected chi connectivity index (χ4v) is 2.83. The van der Waals surface area contributed by atoms with Crippen LogP contribution in [-0.2, 0) is 4.79 Å². The molecule has 92 valence electrons. The third-order valence-corrected chi connectivity index (χ3v) is 3.76. The maximum Gasteiger partial charge on any atom is 0.303 e. The molecule has 0 heterocycles. The van der Waals surface area contributed by atoms with Crippen molar-refractivity contribution in [2.24, 2.45) is 5.92 Å². The average Bonchev–Trinajstić information content (AvgIpc) is 3.03. The fraction of sp³-hybridized carbons (Fsp3) is 0.462. The topological polar surface area (TPSA) is 37.3 Å². The molecule has 1 aromatic rings. The molecule has 2 nitrogen and oxygen atoms in total. The van der Waals surface area contributed by atoms with Crippen LogP contribution in [0.4, 0.5) is 4.39 Å². The molecule has 0 aliphatic heterocycles. The second kappa shape index (κ2) is 4.77. The van der Waals surface area contributed by atoms with Crippen molar-refractivity contribution in [2.45, 2.75) is 32.1 Å². The molecule has 0 bridgehead atoms. The molecular formula is C13H14BrFO2. The SMILES string of the molecule is Cc1cc(Br)c(F)c(C(CC(=O)O)C2CC2)c1. The van der Waals surface area contributed by atoms with Crippen LogP contribution in [0, 0.1) is 18.7 Å². The Morgan fingerprint density at radius 3 is 2.76 bits per heavy atom. The van der Waals surface area contributed by atoms with E-state index in [2.05, 4.69) is 15.9 Å². The van der Waals surface area contributed by atoms with Crippen LogP contribution in [-0.4, -0.2) is 11.1 Å². The van der Waals surface area contributed by atoms with Crippen molar-refractivity contribution in [2.75, 3.05) is 0 Å². The van der Waals surface area contributed by atoms with Gasteiger partial charge in [0.2, 0.25) is 0 Å². The van der Waals surface area contributed by atoms with Gasteiger partial charge in [0.1, 0.15) is 5.82 Å². The molecule has 0 amide bonds. The zero-order valence-corrected chi connectivity index (χ0v) is 11.1. The molecule has 0 saturated heterocycles. The summed E-state index contributed by atoms with van der Waals surface area (Å²) in [6.07, 6.45) is 2.02. The van der Waals surface area contributed by atoms with E-state index in [0.29, 0.717) is 16.0 Å². The van der Waals surface area contributed by atoms with Crippen molar-refractivity contribution in [1.29, 1.82) is 0 Å². The van der Waals surface area contributed by atoms with Gasteiger partial charge in [0.15, 0.2) is 0 Å². The Labute approximate surface area is 108 Å². The van der Waals surface area contributed by atoms with Crippen LogP contribution in [0.3, 0.4) is 0 Å². The summed E-state index contributed by atoms with van der Waals surface area (Å²) >= 11 is 3.18. The first-order chi connectivity index (χ1) is 7.99. The molecular weight excluding hydrogens is 287 g/mol. The molecule has 1 fully saturated rings. The highest BCUT2D eigenvalue weighted by Gasteiger charge is 2.35. The Balaban J connectivity index is 2.38. The van der Waals surface area contributed by atoms with Crippen LogP contribution >= 0.6 is 15.9 Å². The van der Waals surface area contributed by atoms with Crippen LogP contribution < -0.4 is 0 Å². The monoisotopic (exact) mass is 300 g/mol. The van der Waals surface area contributed by atoms with E-state index in [1.54, 1.807) is 12.1 Å². The van der Waals surface area contributed by atoms with Crippen molar-refractivity contribution >= 4 is 21.9 Å². The van der Waals surface area contributed by atoms with Gasteiger partial charge in [-0.15, -0.1) is 0 Å². The summed E-state index contributed by atoms with van der Waals surface area (Å²) in [5.74, 6) is -1.04. The minimum Gasteiger partial charge on any atom is -0.481 e. The number of aliphatic carboxylic acids is 1. The van der Waals surface area contributed by atoms with Gasteiger partial charge in [-0.2, -0.15) is 0 Å². The highest BCUT2D eigenvalue weighted by molar-refractivity contribution is 9.10. The first-order valence-corrected chi connectivity index (χ1v) is 6.45. The van der Waals surface area contributed by atoms with Gasteiger partial charge in [-0.1, -0.05) is 6.07 Å². The van der Waals surface area contributed by atoms with Crippen LogP contribution in [0.15, 0.2) is 16.6 Å². The zero-order chi connectivity index (χ0) is 12.6. The summed E-state index contributed by atoms with van der Waals surface area (Å²) in [5, 5.41) is 8.92. The quantitative estimate of drug-likeness (QED) is 0.916. The van der Waals surface area contributed by atoms with Crippen molar-refractivity contribution in [3.8, 4) is 0 Å². The van der Waals surface area contributed by atoms with Gasteiger partial charge in [0, 0.05) is 5.92 Å². The van der Waals surface area contributed by atoms with Crippen molar-refractivity contribution in [1.82, 2.24) is 0 Å². The van der Waals surface area contributed by atoms with Crippen molar-refractivity contribution < 1.29 is 14.3 Å². The molecule has 1 unspecified atom stereocenters. The Morgan fingerprint density at radius 1 is 1.59 bits per heavy atom. The molecule has 1 aliphatic carbocycles. The lowest BCUT2D eigenvalue weighted by molar-refractivity contribution is -0.137. The van der Waals surface area contributed by atoms with E-state index in [-0.39, 0.29) is 18.2 Å². The first-order valence-electron chi connectivity index (χ1n) is 5.66. The number of halogens is 2. The van der Waals surface area contributed by atoms with E-state index in [9.17, 15) is 9.18 Å². The summed E-state index contributed by atoms with van der Waals surface area (Å²) in [6, 6.07) is 3.48. The van der Waals surface area contributed by atoms with E-state index in [1.807, 2.05) is 6.92 Å². The first kappa shape index (κ1) is 12.6. The average molecular weight is 301 g/mol. The third kappa shape index (κ3) is 2.86. The standard InChI is InChI=1S/C13H14BrFO2/c1-7-4-10(13(15)11(14)5-7)9(6-12(16)17)8-2-3-8/h4-5,8-9H,2-3,6H2,1H3,(H,16,17). The summed E-state index contributed by atoms with van der Waals surface area (Å²) in [4.78, 5) is 10.9. The molecule has 1 saturated carbocycles. The number of aryl methyl sites for hydroxylation is 1. The highest BCUT2D eigenvalue weighted by atomic mass is 79.9. The molecule has 0 aromatic heterocycles. The largest absolute Gasteiger partial charge is 0.481 e. The Kier molecular flexibility index (Phi) is 3.52. The number of hydrogen-bond donors (Lipinski definition) is 1. The van der Waals surface area contributed by atoms with Crippen molar-refractivity contribution in [3.05, 3.63) is 33.5 Å². The van der Waals surface area contributed by atoms with Crippen molar-refractivity contribution in [3.63, 3.8) is 0 Å². The number of carboxylic acid groups (broad SMARTS) is 1. The number of rotatable bonds is 4. The number of carbonyl (C=O) groups is 1.